The first-order valence-corrected chi connectivity index (χ1v) is 6.53. The number of rotatable bonds is 6. The highest BCUT2D eigenvalue weighted by Crippen LogP contribution is 2.08. The molecule has 0 radical (unpaired) electrons. The lowest BCUT2D eigenvalue weighted by molar-refractivity contribution is 0.329. The van der Waals surface area contributed by atoms with Crippen LogP contribution in [-0.4, -0.2) is 34.3 Å². The molecule has 0 atom stereocenters. The Balaban J connectivity index is 1.95. The third-order valence-corrected chi connectivity index (χ3v) is 3.06. The summed E-state index contributed by atoms with van der Waals surface area (Å²) < 4.78 is 0. The molecule has 5 nitrogen and oxygen atoms in total. The fourth-order valence-corrected chi connectivity index (χ4v) is 2.03. The molecule has 0 bridgehead atoms. The Kier molecular flexibility index (Phi) is 4.79. The van der Waals surface area contributed by atoms with Gasteiger partial charge in [0.25, 0.3) is 0 Å². The first-order chi connectivity index (χ1) is 9.66. The summed E-state index contributed by atoms with van der Waals surface area (Å²) in [6.45, 7) is 1.61. The largest absolute Gasteiger partial charge is 0.382 e. The van der Waals surface area contributed by atoms with Crippen molar-refractivity contribution in [3.63, 3.8) is 0 Å². The van der Waals surface area contributed by atoms with Gasteiger partial charge < -0.3 is 10.6 Å². The molecule has 0 aliphatic carbocycles. The lowest BCUT2D eigenvalue weighted by Crippen LogP contribution is -2.24. The molecule has 2 aromatic rings. The van der Waals surface area contributed by atoms with Crippen molar-refractivity contribution in [1.29, 1.82) is 5.41 Å². The summed E-state index contributed by atoms with van der Waals surface area (Å²) in [5, 5.41) is 7.54. The number of amidine groups is 1. The minimum Gasteiger partial charge on any atom is -0.382 e. The zero-order chi connectivity index (χ0) is 14.4. The predicted molar refractivity (Wildman–Crippen MR) is 79.5 cm³/mol. The molecule has 0 saturated carbocycles. The van der Waals surface area contributed by atoms with Gasteiger partial charge in [-0.2, -0.15) is 0 Å². The standard InChI is InChI=1S/C15H19N5/c1-20(10-7-13-6-2-3-8-18-13)11-12-5-4-9-19-14(12)15(16)17/h2-6,8-9H,7,10-11H2,1H3,(H3,16,17). The van der Waals surface area contributed by atoms with E-state index in [2.05, 4.69) is 14.9 Å². The van der Waals surface area contributed by atoms with E-state index in [1.165, 1.54) is 0 Å². The van der Waals surface area contributed by atoms with Crippen molar-refractivity contribution in [3.8, 4) is 0 Å². The van der Waals surface area contributed by atoms with E-state index < -0.39 is 0 Å². The van der Waals surface area contributed by atoms with Crippen molar-refractivity contribution < 1.29 is 0 Å². The number of hydrogen-bond donors (Lipinski definition) is 2. The molecule has 20 heavy (non-hydrogen) atoms. The van der Waals surface area contributed by atoms with Crippen LogP contribution in [0.4, 0.5) is 0 Å². The molecular formula is C15H19N5. The molecule has 0 aliphatic rings. The summed E-state index contributed by atoms with van der Waals surface area (Å²) in [4.78, 5) is 10.7. The van der Waals surface area contributed by atoms with Gasteiger partial charge in [-0.3, -0.25) is 15.4 Å². The molecule has 0 aliphatic heterocycles. The van der Waals surface area contributed by atoms with Crippen LogP contribution >= 0.6 is 0 Å². The van der Waals surface area contributed by atoms with E-state index in [1.807, 2.05) is 43.6 Å². The van der Waals surface area contributed by atoms with Crippen molar-refractivity contribution in [2.24, 2.45) is 5.73 Å². The Morgan fingerprint density at radius 2 is 2.00 bits per heavy atom. The second kappa shape index (κ2) is 6.77. The van der Waals surface area contributed by atoms with Crippen LogP contribution in [0.5, 0.6) is 0 Å². The van der Waals surface area contributed by atoms with Gasteiger partial charge in [0.05, 0.1) is 0 Å². The molecular weight excluding hydrogens is 250 g/mol. The summed E-state index contributed by atoms with van der Waals surface area (Å²) >= 11 is 0. The second-order valence-electron chi connectivity index (χ2n) is 4.73. The molecule has 3 N–H and O–H groups in total. The second-order valence-corrected chi connectivity index (χ2v) is 4.73. The number of nitrogens with two attached hydrogens (primary N) is 1. The van der Waals surface area contributed by atoms with Crippen LogP contribution in [0.2, 0.25) is 0 Å². The minimum absolute atomic E-state index is 0.0127. The van der Waals surface area contributed by atoms with Gasteiger partial charge in [-0.25, -0.2) is 0 Å². The number of hydrogen-bond acceptors (Lipinski definition) is 4. The van der Waals surface area contributed by atoms with Crippen molar-refractivity contribution in [2.45, 2.75) is 13.0 Å². The maximum Gasteiger partial charge on any atom is 0.142 e. The van der Waals surface area contributed by atoms with Crippen molar-refractivity contribution >= 4 is 5.84 Å². The Labute approximate surface area is 119 Å². The Morgan fingerprint density at radius 3 is 2.70 bits per heavy atom. The highest BCUT2D eigenvalue weighted by molar-refractivity contribution is 5.94. The van der Waals surface area contributed by atoms with E-state index in [0.717, 1.165) is 30.8 Å². The molecule has 0 fully saturated rings. The lowest BCUT2D eigenvalue weighted by Gasteiger charge is -2.17. The molecule has 2 rings (SSSR count). The zero-order valence-corrected chi connectivity index (χ0v) is 11.6. The average Bonchev–Trinajstić information content (AvgIpc) is 2.46. The Hall–Kier alpha value is -2.27. The Bertz CT molecular complexity index is 567. The predicted octanol–water partition coefficient (Wildman–Crippen LogP) is 1.44. The number of aromatic nitrogens is 2. The molecule has 104 valence electrons. The first-order valence-electron chi connectivity index (χ1n) is 6.53. The summed E-state index contributed by atoms with van der Waals surface area (Å²) in [5.41, 5.74) is 8.17. The normalized spacial score (nSPS) is 10.7. The lowest BCUT2D eigenvalue weighted by atomic mass is 10.1. The molecule has 2 heterocycles. The van der Waals surface area contributed by atoms with Crippen LogP contribution in [0.25, 0.3) is 0 Å². The maximum absolute atomic E-state index is 7.54. The summed E-state index contributed by atoms with van der Waals surface area (Å²) in [6.07, 6.45) is 4.37. The van der Waals surface area contributed by atoms with Gasteiger partial charge in [0.1, 0.15) is 11.5 Å². The Morgan fingerprint density at radius 1 is 1.20 bits per heavy atom. The zero-order valence-electron chi connectivity index (χ0n) is 11.6. The van der Waals surface area contributed by atoms with E-state index >= 15 is 0 Å². The maximum atomic E-state index is 7.54. The number of nitrogens with one attached hydrogen (secondary N) is 1. The third-order valence-electron chi connectivity index (χ3n) is 3.06. The van der Waals surface area contributed by atoms with Gasteiger partial charge in [-0.05, 0) is 30.8 Å². The number of nitrogens with zero attached hydrogens (tertiary/aromatic N) is 3. The van der Waals surface area contributed by atoms with Gasteiger partial charge in [-0.15, -0.1) is 0 Å². The minimum atomic E-state index is 0.0127. The van der Waals surface area contributed by atoms with Crippen LogP contribution in [0, 0.1) is 5.41 Å². The van der Waals surface area contributed by atoms with Crippen LogP contribution in [0.15, 0.2) is 42.7 Å². The first kappa shape index (κ1) is 14.1. The number of likely N-dealkylation sites (N-methyl/N-ethyl adjacent to an activating group) is 1. The van der Waals surface area contributed by atoms with Crippen LogP contribution in [0.3, 0.4) is 0 Å². The average molecular weight is 269 g/mol. The molecule has 0 aromatic carbocycles. The molecule has 0 saturated heterocycles. The smallest absolute Gasteiger partial charge is 0.142 e. The van der Waals surface area contributed by atoms with Gasteiger partial charge in [-0.1, -0.05) is 12.1 Å². The van der Waals surface area contributed by atoms with Gasteiger partial charge in [0.15, 0.2) is 0 Å². The molecule has 5 heteroatoms. The van der Waals surface area contributed by atoms with E-state index in [0.29, 0.717) is 5.69 Å². The monoisotopic (exact) mass is 269 g/mol. The van der Waals surface area contributed by atoms with Gasteiger partial charge in [0, 0.05) is 37.6 Å². The van der Waals surface area contributed by atoms with Crippen LogP contribution in [-0.2, 0) is 13.0 Å². The number of nitrogen functional groups attached to an aromatic ring is 1. The highest BCUT2D eigenvalue weighted by atomic mass is 15.1. The fourth-order valence-electron chi connectivity index (χ4n) is 2.03. The van der Waals surface area contributed by atoms with Crippen LogP contribution < -0.4 is 5.73 Å². The number of pyridine rings is 2. The van der Waals surface area contributed by atoms with Crippen molar-refractivity contribution in [3.05, 3.63) is 59.7 Å². The summed E-state index contributed by atoms with van der Waals surface area (Å²) in [7, 11) is 2.04. The third kappa shape index (κ3) is 3.86. The molecule has 0 spiro atoms. The van der Waals surface area contributed by atoms with E-state index in [-0.39, 0.29) is 5.84 Å². The van der Waals surface area contributed by atoms with Gasteiger partial charge >= 0.3 is 0 Å². The van der Waals surface area contributed by atoms with E-state index in [1.54, 1.807) is 6.20 Å². The summed E-state index contributed by atoms with van der Waals surface area (Å²) in [5.74, 6) is 0.0127. The highest BCUT2D eigenvalue weighted by Gasteiger charge is 2.09. The SMILES string of the molecule is CN(CCc1ccccn1)Cc1cccnc1C(=N)N. The topological polar surface area (TPSA) is 78.9 Å². The van der Waals surface area contributed by atoms with Gasteiger partial charge in [0.2, 0.25) is 0 Å². The van der Waals surface area contributed by atoms with E-state index in [9.17, 15) is 0 Å². The quantitative estimate of drug-likeness (QED) is 0.614. The summed E-state index contributed by atoms with van der Waals surface area (Å²) in [6, 6.07) is 9.77. The molecule has 2 aromatic heterocycles. The van der Waals surface area contributed by atoms with E-state index in [4.69, 9.17) is 11.1 Å². The van der Waals surface area contributed by atoms with Crippen LogP contribution in [0.1, 0.15) is 17.0 Å². The van der Waals surface area contributed by atoms with Crippen molar-refractivity contribution in [2.75, 3.05) is 13.6 Å². The van der Waals surface area contributed by atoms with Crippen molar-refractivity contribution in [1.82, 2.24) is 14.9 Å². The molecule has 0 unspecified atom stereocenters. The molecule has 0 amide bonds. The fraction of sp³-hybridized carbons (Fsp3) is 0.267.